The van der Waals surface area contributed by atoms with Crippen LogP contribution in [0.3, 0.4) is 0 Å². The Hall–Kier alpha value is -2.33. The summed E-state index contributed by atoms with van der Waals surface area (Å²) in [6, 6.07) is 1.24. The van der Waals surface area contributed by atoms with Gasteiger partial charge in [-0.05, 0) is 17.7 Å². The number of nitrogens with zero attached hydrogens (tertiary/aromatic N) is 1. The van der Waals surface area contributed by atoms with E-state index in [4.69, 9.17) is 0 Å². The Bertz CT molecular complexity index is 1180. The lowest BCUT2D eigenvalue weighted by molar-refractivity contribution is -0.318. The van der Waals surface area contributed by atoms with E-state index in [0.717, 1.165) is 42.5 Å². The van der Waals surface area contributed by atoms with E-state index in [1.807, 2.05) is 0 Å². The summed E-state index contributed by atoms with van der Waals surface area (Å²) in [6.07, 6.45) is 0. The predicted molar refractivity (Wildman–Crippen MR) is 95.4 cm³/mol. The Balaban J connectivity index is 2.72. The molecule has 0 aromatic heterocycles. The minimum atomic E-state index is -7.37. The number of sulfone groups is 1. The van der Waals surface area contributed by atoms with Crippen molar-refractivity contribution in [2.75, 3.05) is 0 Å². The molecule has 0 radical (unpaired) electrons. The normalized spacial score (nSPS) is 14.5. The van der Waals surface area contributed by atoms with Crippen molar-refractivity contribution in [3.05, 3.63) is 66.2 Å². The van der Waals surface area contributed by atoms with Gasteiger partial charge in [-0.25, -0.2) is 16.8 Å². The molecule has 0 aliphatic heterocycles. The molecule has 0 atom stereocenters. The summed E-state index contributed by atoms with van der Waals surface area (Å²) in [6.45, 7) is -2.13. The molecule has 5 nitrogen and oxygen atoms in total. The topological polar surface area (TPSA) is 71.5 Å². The second-order valence-electron chi connectivity index (χ2n) is 6.39. The van der Waals surface area contributed by atoms with E-state index in [9.17, 15) is 56.3 Å². The SMILES string of the molecule is O=S(=O)(c1ccccc1)C(F)(F)C(F)(F)C(F)(F)N(Cc1ccccc1)S(=O)(=O)C(F)(F)F. The summed E-state index contributed by atoms with van der Waals surface area (Å²) in [5, 5.41) is -6.74. The molecule has 2 aromatic carbocycles. The molecule has 0 bridgehead atoms. The third-order valence-corrected chi connectivity index (χ3v) is 7.55. The first kappa shape index (κ1) is 26.9. The van der Waals surface area contributed by atoms with Crippen molar-refractivity contribution in [2.45, 2.75) is 34.2 Å². The van der Waals surface area contributed by atoms with Crippen LogP contribution in [-0.4, -0.2) is 43.9 Å². The Morgan fingerprint density at radius 1 is 0.667 bits per heavy atom. The van der Waals surface area contributed by atoms with Crippen molar-refractivity contribution >= 4 is 19.9 Å². The maximum absolute atomic E-state index is 14.7. The molecule has 2 aromatic rings. The fraction of sp³-hybridized carbons (Fsp3) is 0.294. The van der Waals surface area contributed by atoms with Crippen LogP contribution in [0.1, 0.15) is 5.56 Å². The van der Waals surface area contributed by atoms with E-state index in [-0.39, 0.29) is 0 Å². The quantitative estimate of drug-likeness (QED) is 0.369. The largest absolute Gasteiger partial charge is 0.511 e. The van der Waals surface area contributed by atoms with Crippen LogP contribution in [0, 0.1) is 0 Å². The molecule has 0 fully saturated rings. The smallest absolute Gasteiger partial charge is 0.217 e. The molecule has 0 saturated carbocycles. The Kier molecular flexibility index (Phi) is 6.91. The maximum Gasteiger partial charge on any atom is 0.511 e. The van der Waals surface area contributed by atoms with Gasteiger partial charge in [0.15, 0.2) is 0 Å². The van der Waals surface area contributed by atoms with Crippen LogP contribution in [0.4, 0.5) is 39.5 Å². The molecule has 0 spiro atoms. The minimum absolute atomic E-state index is 0.353. The highest BCUT2D eigenvalue weighted by molar-refractivity contribution is 7.92. The van der Waals surface area contributed by atoms with Crippen LogP contribution in [0.25, 0.3) is 0 Å². The summed E-state index contributed by atoms with van der Waals surface area (Å²) >= 11 is 0. The highest BCUT2D eigenvalue weighted by atomic mass is 32.2. The first-order valence-corrected chi connectivity index (χ1v) is 11.3. The molecule has 0 amide bonds. The Morgan fingerprint density at radius 3 is 1.52 bits per heavy atom. The number of halogens is 9. The molecular formula is C17H12F9NO4S2. The first-order chi connectivity index (χ1) is 14.8. The highest BCUT2D eigenvalue weighted by Crippen LogP contribution is 2.53. The third-order valence-electron chi connectivity index (χ3n) is 4.20. The Labute approximate surface area is 181 Å². The van der Waals surface area contributed by atoms with Gasteiger partial charge in [0.2, 0.25) is 9.84 Å². The first-order valence-electron chi connectivity index (χ1n) is 8.38. The van der Waals surface area contributed by atoms with Crippen LogP contribution in [0.15, 0.2) is 65.6 Å². The van der Waals surface area contributed by atoms with Gasteiger partial charge in [-0.1, -0.05) is 48.5 Å². The molecule has 0 heterocycles. The molecule has 0 unspecified atom stereocenters. The van der Waals surface area contributed by atoms with Gasteiger partial charge in [0.25, 0.3) is 0 Å². The zero-order valence-electron chi connectivity index (χ0n) is 15.8. The van der Waals surface area contributed by atoms with E-state index in [1.54, 1.807) is 0 Å². The Morgan fingerprint density at radius 2 is 1.09 bits per heavy atom. The summed E-state index contributed by atoms with van der Waals surface area (Å²) in [5.41, 5.74) is -7.33. The number of rotatable bonds is 8. The van der Waals surface area contributed by atoms with Gasteiger partial charge in [-0.3, -0.25) is 0 Å². The number of alkyl halides is 9. The molecular weight excluding hydrogens is 517 g/mol. The lowest BCUT2D eigenvalue weighted by Crippen LogP contribution is -2.66. The van der Waals surface area contributed by atoms with E-state index in [1.165, 1.54) is 6.07 Å². The van der Waals surface area contributed by atoms with Crippen molar-refractivity contribution in [3.63, 3.8) is 0 Å². The van der Waals surface area contributed by atoms with Crippen LogP contribution in [0.5, 0.6) is 0 Å². The average molecular weight is 529 g/mol. The summed E-state index contributed by atoms with van der Waals surface area (Å²) in [5.74, 6) is -7.15. The molecule has 184 valence electrons. The van der Waals surface area contributed by atoms with Crippen LogP contribution < -0.4 is 0 Å². The summed E-state index contributed by atoms with van der Waals surface area (Å²) in [7, 11) is -14.0. The summed E-state index contributed by atoms with van der Waals surface area (Å²) < 4.78 is 171. The monoisotopic (exact) mass is 529 g/mol. The maximum atomic E-state index is 14.7. The number of sulfonamides is 1. The number of benzene rings is 2. The van der Waals surface area contributed by atoms with E-state index < -0.39 is 63.9 Å². The van der Waals surface area contributed by atoms with Crippen molar-refractivity contribution in [2.24, 2.45) is 0 Å². The zero-order valence-corrected chi connectivity index (χ0v) is 17.4. The second kappa shape index (κ2) is 8.47. The standard InChI is InChI=1S/C17H12F9NO4S2/c18-14(19,16(22,23)32(28,29)13-9-5-2-6-10-13)15(20,21)27(33(30,31)17(24,25)26)11-12-7-3-1-4-8-12/h1-10H,11H2. The van der Waals surface area contributed by atoms with Crippen LogP contribution >= 0.6 is 0 Å². The molecule has 0 N–H and O–H groups in total. The lowest BCUT2D eigenvalue weighted by Gasteiger charge is -2.38. The molecule has 2 rings (SSSR count). The highest BCUT2D eigenvalue weighted by Gasteiger charge is 2.81. The lowest BCUT2D eigenvalue weighted by atomic mass is 10.2. The van der Waals surface area contributed by atoms with Crippen molar-refractivity contribution in [1.82, 2.24) is 4.31 Å². The van der Waals surface area contributed by atoms with Crippen molar-refractivity contribution in [3.8, 4) is 0 Å². The van der Waals surface area contributed by atoms with Gasteiger partial charge in [0.05, 0.1) is 4.90 Å². The van der Waals surface area contributed by atoms with Crippen LogP contribution in [-0.2, 0) is 26.4 Å². The molecule has 33 heavy (non-hydrogen) atoms. The van der Waals surface area contributed by atoms with Gasteiger partial charge in [0.1, 0.15) is 0 Å². The van der Waals surface area contributed by atoms with Crippen LogP contribution in [0.2, 0.25) is 0 Å². The van der Waals surface area contributed by atoms with E-state index >= 15 is 0 Å². The predicted octanol–water partition coefficient (Wildman–Crippen LogP) is 4.63. The summed E-state index contributed by atoms with van der Waals surface area (Å²) in [4.78, 5) is -1.56. The van der Waals surface area contributed by atoms with E-state index in [0.29, 0.717) is 12.1 Å². The fourth-order valence-electron chi connectivity index (χ4n) is 2.46. The average Bonchev–Trinajstić information content (AvgIpc) is 2.72. The third kappa shape index (κ3) is 4.42. The van der Waals surface area contributed by atoms with E-state index in [2.05, 4.69) is 0 Å². The molecule has 0 saturated heterocycles. The minimum Gasteiger partial charge on any atom is -0.217 e. The van der Waals surface area contributed by atoms with Gasteiger partial charge in [-0.15, -0.1) is 4.31 Å². The number of hydrogen-bond acceptors (Lipinski definition) is 4. The molecule has 16 heteroatoms. The van der Waals surface area contributed by atoms with Gasteiger partial charge in [-0.2, -0.15) is 39.5 Å². The fourth-order valence-corrected chi connectivity index (χ4v) is 4.71. The van der Waals surface area contributed by atoms with Gasteiger partial charge >= 0.3 is 32.8 Å². The molecule has 0 aliphatic rings. The molecule has 0 aliphatic carbocycles. The van der Waals surface area contributed by atoms with Gasteiger partial charge < -0.3 is 0 Å². The second-order valence-corrected chi connectivity index (χ2v) is 10.2. The zero-order chi connectivity index (χ0) is 25.5. The van der Waals surface area contributed by atoms with Gasteiger partial charge in [0, 0.05) is 6.54 Å². The van der Waals surface area contributed by atoms with Crippen molar-refractivity contribution in [1.29, 1.82) is 0 Å². The number of hydrogen-bond donors (Lipinski definition) is 0. The van der Waals surface area contributed by atoms with Crippen molar-refractivity contribution < 1.29 is 56.3 Å².